The van der Waals surface area contributed by atoms with Crippen LogP contribution in [0, 0.1) is 0 Å². The number of hydrogen-bond donors (Lipinski definition) is 0. The number of amides is 2. The fourth-order valence-electron chi connectivity index (χ4n) is 2.17. The summed E-state index contributed by atoms with van der Waals surface area (Å²) in [5.74, 6) is 0. The summed E-state index contributed by atoms with van der Waals surface area (Å²) < 4.78 is 36.3. The van der Waals surface area contributed by atoms with Crippen LogP contribution in [-0.2, 0) is 14.7 Å². The Morgan fingerprint density at radius 1 is 1.53 bits per heavy atom. The van der Waals surface area contributed by atoms with Crippen LogP contribution in [0.3, 0.4) is 0 Å². The van der Waals surface area contributed by atoms with Gasteiger partial charge in [-0.05, 0) is 0 Å². The van der Waals surface area contributed by atoms with Gasteiger partial charge in [0.15, 0.2) is 0 Å². The first-order chi connectivity index (χ1) is 8.96. The molecule has 1 atom stereocenters. The van der Waals surface area contributed by atoms with E-state index in [1.54, 1.807) is 17.0 Å². The number of hydroxylamine groups is 2. The van der Waals surface area contributed by atoms with E-state index in [2.05, 4.69) is 9.27 Å². The smallest absolute Gasteiger partial charge is 0.346 e. The predicted molar refractivity (Wildman–Crippen MR) is 63.5 cm³/mol. The summed E-state index contributed by atoms with van der Waals surface area (Å²) in [7, 11) is -4.99. The van der Waals surface area contributed by atoms with Crippen LogP contribution in [0.25, 0.3) is 5.57 Å². The molecule has 102 valence electrons. The standard InChI is InChI=1S/C9H9N3O5S2/c13-9-11-2-1-6(7-4-18-5-10-7)8(3-11)12(9)17-19(14,15)16/h1,4-5,8H,2-3H2,(H,14,15,16)/p-1. The SMILES string of the molecule is O=C1N2CC=C(c3cscn3)C(C2)N1OS(=O)(=O)[O-]. The van der Waals surface area contributed by atoms with Crippen molar-refractivity contribution < 1.29 is 22.0 Å². The molecule has 0 aromatic carbocycles. The highest BCUT2D eigenvalue weighted by Crippen LogP contribution is 2.32. The largest absolute Gasteiger partial charge is 0.724 e. The molecule has 2 aliphatic heterocycles. The van der Waals surface area contributed by atoms with E-state index in [-0.39, 0.29) is 6.54 Å². The van der Waals surface area contributed by atoms with E-state index in [0.29, 0.717) is 22.9 Å². The van der Waals surface area contributed by atoms with Crippen LogP contribution in [0.1, 0.15) is 5.69 Å². The zero-order valence-electron chi connectivity index (χ0n) is 9.42. The lowest BCUT2D eigenvalue weighted by Crippen LogP contribution is -2.36. The summed E-state index contributed by atoms with van der Waals surface area (Å²) in [4.78, 5) is 17.4. The summed E-state index contributed by atoms with van der Waals surface area (Å²) in [6.07, 6.45) is 1.78. The molecule has 0 spiro atoms. The van der Waals surface area contributed by atoms with Crippen molar-refractivity contribution in [1.29, 1.82) is 0 Å². The molecule has 2 aliphatic rings. The molecule has 8 nitrogen and oxygen atoms in total. The van der Waals surface area contributed by atoms with Crippen LogP contribution in [0.2, 0.25) is 0 Å². The Balaban J connectivity index is 1.95. The summed E-state index contributed by atoms with van der Waals surface area (Å²) in [5, 5.41) is 2.40. The molecule has 1 aromatic heterocycles. The molecular formula is C9H8N3O5S2-. The first kappa shape index (κ1) is 12.5. The van der Waals surface area contributed by atoms with Crippen LogP contribution in [-0.4, -0.2) is 53.1 Å². The highest BCUT2D eigenvalue weighted by molar-refractivity contribution is 7.80. The quantitative estimate of drug-likeness (QED) is 0.577. The van der Waals surface area contributed by atoms with Crippen LogP contribution in [0.5, 0.6) is 0 Å². The van der Waals surface area contributed by atoms with E-state index in [1.165, 1.54) is 16.2 Å². The summed E-state index contributed by atoms with van der Waals surface area (Å²) in [6, 6.07) is -1.27. The van der Waals surface area contributed by atoms with Crippen molar-refractivity contribution in [2.75, 3.05) is 13.1 Å². The van der Waals surface area contributed by atoms with Crippen LogP contribution < -0.4 is 0 Å². The zero-order valence-corrected chi connectivity index (χ0v) is 11.1. The van der Waals surface area contributed by atoms with Crippen LogP contribution in [0.15, 0.2) is 17.0 Å². The van der Waals surface area contributed by atoms with Crippen molar-refractivity contribution in [2.24, 2.45) is 0 Å². The summed E-state index contributed by atoms with van der Waals surface area (Å²) in [5.41, 5.74) is 2.97. The van der Waals surface area contributed by atoms with Crippen molar-refractivity contribution in [3.05, 3.63) is 22.7 Å². The van der Waals surface area contributed by atoms with Crippen LogP contribution >= 0.6 is 11.3 Å². The fourth-order valence-corrected chi connectivity index (χ4v) is 3.09. The van der Waals surface area contributed by atoms with E-state index < -0.39 is 22.5 Å². The van der Waals surface area contributed by atoms with Crippen molar-refractivity contribution in [2.45, 2.75) is 6.04 Å². The Hall–Kier alpha value is -1.49. The lowest BCUT2D eigenvalue weighted by Gasteiger charge is -2.24. The number of aromatic nitrogens is 1. The minimum absolute atomic E-state index is 0.276. The fraction of sp³-hybridized carbons (Fsp3) is 0.333. The van der Waals surface area contributed by atoms with E-state index >= 15 is 0 Å². The van der Waals surface area contributed by atoms with Crippen molar-refractivity contribution in [3.8, 4) is 0 Å². The predicted octanol–water partition coefficient (Wildman–Crippen LogP) is 0.0381. The lowest BCUT2D eigenvalue weighted by atomic mass is 10.0. The molecule has 1 fully saturated rings. The first-order valence-corrected chi connectivity index (χ1v) is 7.55. The molecule has 0 radical (unpaired) electrons. The monoisotopic (exact) mass is 302 g/mol. The summed E-state index contributed by atoms with van der Waals surface area (Å²) >= 11 is 1.38. The van der Waals surface area contributed by atoms with Gasteiger partial charge in [0.05, 0.1) is 17.7 Å². The number of carbonyl (C=O) groups is 1. The highest BCUT2D eigenvalue weighted by atomic mass is 32.3. The number of fused-ring (bicyclic) bond motifs is 2. The van der Waals surface area contributed by atoms with E-state index in [9.17, 15) is 17.8 Å². The molecule has 0 aliphatic carbocycles. The Bertz CT molecular complexity index is 639. The number of rotatable bonds is 3. The van der Waals surface area contributed by atoms with Gasteiger partial charge in [-0.1, -0.05) is 6.08 Å². The Kier molecular flexibility index (Phi) is 2.82. The van der Waals surface area contributed by atoms with Gasteiger partial charge >= 0.3 is 6.03 Å². The molecule has 2 bridgehead atoms. The van der Waals surface area contributed by atoms with E-state index in [1.807, 2.05) is 0 Å². The molecule has 1 saturated heterocycles. The second kappa shape index (κ2) is 4.27. The highest BCUT2D eigenvalue weighted by Gasteiger charge is 2.44. The lowest BCUT2D eigenvalue weighted by molar-refractivity contribution is -0.0172. The molecule has 19 heavy (non-hydrogen) atoms. The molecule has 3 heterocycles. The Morgan fingerprint density at radius 2 is 2.32 bits per heavy atom. The Morgan fingerprint density at radius 3 is 2.95 bits per heavy atom. The van der Waals surface area contributed by atoms with Gasteiger partial charge in [0, 0.05) is 17.5 Å². The van der Waals surface area contributed by atoms with Crippen molar-refractivity contribution in [3.63, 3.8) is 0 Å². The second-order valence-electron chi connectivity index (χ2n) is 4.05. The molecule has 1 aromatic rings. The summed E-state index contributed by atoms with van der Waals surface area (Å²) in [6.45, 7) is 0.610. The van der Waals surface area contributed by atoms with Gasteiger partial charge in [-0.2, -0.15) is 9.35 Å². The maximum atomic E-state index is 11.9. The normalized spacial score (nSPS) is 22.9. The average molecular weight is 302 g/mol. The van der Waals surface area contributed by atoms with E-state index in [4.69, 9.17) is 0 Å². The maximum absolute atomic E-state index is 11.9. The zero-order chi connectivity index (χ0) is 13.6. The van der Waals surface area contributed by atoms with Gasteiger partial charge in [-0.3, -0.25) is 0 Å². The number of nitrogens with zero attached hydrogens (tertiary/aromatic N) is 3. The first-order valence-electron chi connectivity index (χ1n) is 5.28. The number of carbonyl (C=O) groups excluding carboxylic acids is 1. The Labute approximate surface area is 112 Å². The second-order valence-corrected chi connectivity index (χ2v) is 5.73. The average Bonchev–Trinajstić information content (AvgIpc) is 2.93. The third kappa shape index (κ3) is 2.23. The number of thiazole rings is 1. The van der Waals surface area contributed by atoms with E-state index in [0.717, 1.165) is 0 Å². The van der Waals surface area contributed by atoms with Gasteiger partial charge < -0.3 is 9.45 Å². The molecule has 3 rings (SSSR count). The molecule has 2 amide bonds. The van der Waals surface area contributed by atoms with Crippen molar-refractivity contribution >= 4 is 33.3 Å². The molecule has 0 N–H and O–H groups in total. The maximum Gasteiger partial charge on any atom is 0.346 e. The number of hydrogen-bond acceptors (Lipinski definition) is 7. The van der Waals surface area contributed by atoms with Gasteiger partial charge in [-0.25, -0.2) is 18.2 Å². The van der Waals surface area contributed by atoms with Crippen molar-refractivity contribution in [1.82, 2.24) is 14.9 Å². The molecule has 10 heteroatoms. The van der Waals surface area contributed by atoms with Gasteiger partial charge in [0.1, 0.15) is 6.04 Å². The third-order valence-corrected chi connectivity index (χ3v) is 3.86. The van der Waals surface area contributed by atoms with Gasteiger partial charge in [0.2, 0.25) is 10.4 Å². The minimum atomic E-state index is -4.99. The minimum Gasteiger partial charge on any atom is -0.724 e. The molecule has 0 saturated carbocycles. The molecular weight excluding hydrogens is 294 g/mol. The molecule has 1 unspecified atom stereocenters. The number of urea groups is 1. The third-order valence-electron chi connectivity index (χ3n) is 2.93. The topological polar surface area (TPSA) is 103 Å². The van der Waals surface area contributed by atoms with Gasteiger partial charge in [0.25, 0.3) is 0 Å². The van der Waals surface area contributed by atoms with Gasteiger partial charge in [-0.15, -0.1) is 11.3 Å². The van der Waals surface area contributed by atoms with Crippen LogP contribution in [0.4, 0.5) is 4.79 Å².